The van der Waals surface area contributed by atoms with Crippen molar-refractivity contribution in [3.63, 3.8) is 0 Å². The van der Waals surface area contributed by atoms with Gasteiger partial charge in [0.25, 0.3) is 0 Å². The van der Waals surface area contributed by atoms with Gasteiger partial charge in [-0.25, -0.2) is 0 Å². The maximum atomic E-state index is 4.72. The smallest absolute Gasteiger partial charge is 0.0534 e. The first kappa shape index (κ1) is 8.88. The molecule has 0 heterocycles. The molecule has 0 bridgehead atoms. The Labute approximate surface area is 70.9 Å². The Balaban J connectivity index is 3.83. The molecule has 0 unspecified atom stereocenters. The van der Waals surface area contributed by atoms with Gasteiger partial charge in [0.1, 0.15) is 0 Å². The predicted molar refractivity (Wildman–Crippen MR) is 52.3 cm³/mol. The van der Waals surface area contributed by atoms with Crippen molar-refractivity contribution in [3.05, 3.63) is 0 Å². The minimum absolute atomic E-state index is 0.0617. The Morgan fingerprint density at radius 2 is 1.50 bits per heavy atom. The van der Waals surface area contributed by atoms with Gasteiger partial charge in [0.2, 0.25) is 0 Å². The quantitative estimate of drug-likeness (QED) is 0.496. The first-order chi connectivity index (χ1) is 3.55. The highest BCUT2D eigenvalue weighted by molar-refractivity contribution is 8.14. The molecule has 0 fully saturated rings. The minimum Gasteiger partial charge on any atom is -0.136 e. The summed E-state index contributed by atoms with van der Waals surface area (Å²) >= 11 is 17.3. The van der Waals surface area contributed by atoms with E-state index < -0.39 is 0 Å². The zero-order valence-electron chi connectivity index (χ0n) is 4.29. The van der Waals surface area contributed by atoms with Gasteiger partial charge in [-0.2, -0.15) is 0 Å². The largest absolute Gasteiger partial charge is 0.136 e. The summed E-state index contributed by atoms with van der Waals surface area (Å²) in [5.74, 6) is 0.0617. The average Bonchev–Trinajstić information content (AvgIpc) is 1.64. The van der Waals surface area contributed by atoms with Crippen LogP contribution >= 0.6 is 49.7 Å². The van der Waals surface area contributed by atoms with Crippen molar-refractivity contribution in [1.82, 2.24) is 0 Å². The lowest BCUT2D eigenvalue weighted by atomic mass is 10.3. The maximum absolute atomic E-state index is 4.72. The third-order valence-corrected chi connectivity index (χ3v) is 2.22. The number of rotatable bonds is 2. The van der Waals surface area contributed by atoms with Crippen LogP contribution in [0, 0.1) is 5.92 Å². The Bertz CT molecular complexity index is 103. The summed E-state index contributed by atoms with van der Waals surface area (Å²) in [5.41, 5.74) is 0. The van der Waals surface area contributed by atoms with E-state index in [1.54, 1.807) is 0 Å². The lowest BCUT2D eigenvalue weighted by Crippen LogP contribution is -2.07. The lowest BCUT2D eigenvalue weighted by molar-refractivity contribution is 1.15. The molecule has 0 aromatic rings. The van der Waals surface area contributed by atoms with Crippen LogP contribution in [0.4, 0.5) is 0 Å². The van der Waals surface area contributed by atoms with E-state index in [0.717, 1.165) is 0 Å². The molecule has 0 saturated heterocycles. The van der Waals surface area contributed by atoms with Crippen LogP contribution in [0.15, 0.2) is 0 Å². The molecule has 0 amide bonds. The molecule has 0 N–H and O–H groups in total. The van der Waals surface area contributed by atoms with E-state index >= 15 is 0 Å². The van der Waals surface area contributed by atoms with Crippen LogP contribution in [0.1, 0.15) is 6.92 Å². The van der Waals surface area contributed by atoms with E-state index in [-0.39, 0.29) is 5.92 Å². The molecule has 0 aromatic carbocycles. The summed E-state index contributed by atoms with van der Waals surface area (Å²) in [7, 11) is 0. The molecular formula is C4H6S4. The van der Waals surface area contributed by atoms with Crippen LogP contribution in [0.25, 0.3) is 0 Å². The maximum Gasteiger partial charge on any atom is 0.0534 e. The Hall–Kier alpha value is 0.880. The first-order valence-corrected chi connectivity index (χ1v) is 3.72. The molecule has 0 rings (SSSR count). The SMILES string of the molecule is CC(C(=S)S)C(=S)S. The standard InChI is InChI=1S/C4H6S4/c1-2(3(5)6)4(7)8/h2H,1H3,(H,5,6)(H,7,8). The van der Waals surface area contributed by atoms with E-state index in [1.165, 1.54) is 0 Å². The van der Waals surface area contributed by atoms with Gasteiger partial charge in [0, 0.05) is 5.92 Å². The van der Waals surface area contributed by atoms with E-state index in [0.29, 0.717) is 8.39 Å². The molecule has 0 radical (unpaired) electrons. The second kappa shape index (κ2) is 3.82. The van der Waals surface area contributed by atoms with Crippen molar-refractivity contribution < 1.29 is 0 Å². The van der Waals surface area contributed by atoms with Crippen LogP contribution in [0.5, 0.6) is 0 Å². The summed E-state index contributed by atoms with van der Waals surface area (Å²) in [6.45, 7) is 1.88. The molecule has 0 aliphatic carbocycles. The monoisotopic (exact) mass is 182 g/mol. The van der Waals surface area contributed by atoms with E-state index in [4.69, 9.17) is 24.4 Å². The molecule has 0 aliphatic heterocycles. The third-order valence-electron chi connectivity index (χ3n) is 0.741. The second-order valence-corrected chi connectivity index (χ2v) is 3.85. The van der Waals surface area contributed by atoms with Crippen molar-refractivity contribution in [3.8, 4) is 0 Å². The summed E-state index contributed by atoms with van der Waals surface area (Å²) in [4.78, 5) is 0. The number of thiol groups is 2. The van der Waals surface area contributed by atoms with Gasteiger partial charge < -0.3 is 0 Å². The van der Waals surface area contributed by atoms with Crippen molar-refractivity contribution in [2.45, 2.75) is 6.92 Å². The van der Waals surface area contributed by atoms with E-state index in [2.05, 4.69) is 25.3 Å². The molecule has 4 heteroatoms. The number of hydrogen-bond donors (Lipinski definition) is 2. The van der Waals surface area contributed by atoms with Crippen LogP contribution in [-0.2, 0) is 0 Å². The van der Waals surface area contributed by atoms with Gasteiger partial charge in [-0.3, -0.25) is 0 Å². The van der Waals surface area contributed by atoms with Crippen molar-refractivity contribution in [2.24, 2.45) is 5.92 Å². The van der Waals surface area contributed by atoms with Crippen LogP contribution in [0.2, 0.25) is 0 Å². The number of hydrogen-bond acceptors (Lipinski definition) is 2. The normalized spacial score (nSPS) is 9.50. The lowest BCUT2D eigenvalue weighted by Gasteiger charge is -2.02. The molecule has 8 heavy (non-hydrogen) atoms. The van der Waals surface area contributed by atoms with Crippen molar-refractivity contribution >= 4 is 58.1 Å². The zero-order chi connectivity index (χ0) is 6.73. The molecule has 0 nitrogen and oxygen atoms in total. The van der Waals surface area contributed by atoms with Gasteiger partial charge in [-0.05, 0) is 0 Å². The topological polar surface area (TPSA) is 0 Å². The molecular weight excluding hydrogens is 176 g/mol. The van der Waals surface area contributed by atoms with Gasteiger partial charge in [0.05, 0.1) is 8.39 Å². The highest BCUT2D eigenvalue weighted by atomic mass is 32.1. The zero-order valence-corrected chi connectivity index (χ0v) is 7.71. The summed E-state index contributed by atoms with van der Waals surface area (Å²) < 4.78 is 1.20. The molecule has 0 atom stereocenters. The summed E-state index contributed by atoms with van der Waals surface area (Å²) in [6.07, 6.45) is 0. The highest BCUT2D eigenvalue weighted by Gasteiger charge is 2.05. The van der Waals surface area contributed by atoms with Crippen molar-refractivity contribution in [2.75, 3.05) is 0 Å². The number of thiocarbonyl (C=S) groups is 2. The Morgan fingerprint density at radius 3 is 1.50 bits per heavy atom. The molecule has 46 valence electrons. The molecule has 0 spiro atoms. The van der Waals surface area contributed by atoms with Crippen LogP contribution < -0.4 is 0 Å². The third kappa shape index (κ3) is 3.02. The molecule has 0 aromatic heterocycles. The fourth-order valence-corrected chi connectivity index (χ4v) is 0.951. The second-order valence-electron chi connectivity index (χ2n) is 1.40. The highest BCUT2D eigenvalue weighted by Crippen LogP contribution is 2.07. The van der Waals surface area contributed by atoms with Gasteiger partial charge >= 0.3 is 0 Å². The Morgan fingerprint density at radius 1 is 1.25 bits per heavy atom. The molecule has 0 aliphatic rings. The fraction of sp³-hybridized carbons (Fsp3) is 0.500. The summed E-state index contributed by atoms with van der Waals surface area (Å²) in [5, 5.41) is 0. The fourth-order valence-electron chi connectivity index (χ4n) is 0.106. The molecule has 0 saturated carbocycles. The Kier molecular flexibility index (Phi) is 4.24. The predicted octanol–water partition coefficient (Wildman–Crippen LogP) is 2.14. The summed E-state index contributed by atoms with van der Waals surface area (Å²) in [6, 6.07) is 0. The van der Waals surface area contributed by atoms with Gasteiger partial charge in [-0.15, -0.1) is 25.3 Å². The van der Waals surface area contributed by atoms with Crippen LogP contribution in [0.3, 0.4) is 0 Å². The van der Waals surface area contributed by atoms with E-state index in [1.807, 2.05) is 6.92 Å². The van der Waals surface area contributed by atoms with Gasteiger partial charge in [0.15, 0.2) is 0 Å². The van der Waals surface area contributed by atoms with E-state index in [9.17, 15) is 0 Å². The first-order valence-electron chi connectivity index (χ1n) is 2.01. The van der Waals surface area contributed by atoms with Crippen LogP contribution in [-0.4, -0.2) is 8.39 Å². The average molecular weight is 182 g/mol. The van der Waals surface area contributed by atoms with Gasteiger partial charge in [-0.1, -0.05) is 31.4 Å². The van der Waals surface area contributed by atoms with Crippen molar-refractivity contribution in [1.29, 1.82) is 0 Å². The minimum atomic E-state index is 0.0617.